The predicted octanol–water partition coefficient (Wildman–Crippen LogP) is 2.44. The number of aryl methyl sites for hydroxylation is 2. The lowest BCUT2D eigenvalue weighted by Gasteiger charge is -2.19. The Balaban J connectivity index is 1.90. The Kier molecular flexibility index (Phi) is 3.73. The van der Waals surface area contributed by atoms with Crippen LogP contribution in [0.3, 0.4) is 0 Å². The Morgan fingerprint density at radius 3 is 2.61 bits per heavy atom. The largest absolute Gasteiger partial charge is 0.482 e. The van der Waals surface area contributed by atoms with Crippen molar-refractivity contribution < 1.29 is 17.9 Å². The summed E-state index contributed by atoms with van der Waals surface area (Å²) in [6, 6.07) is 9.70. The quantitative estimate of drug-likeness (QED) is 0.904. The first-order chi connectivity index (χ1) is 10.8. The van der Waals surface area contributed by atoms with Crippen LogP contribution in [-0.2, 0) is 14.8 Å². The second kappa shape index (κ2) is 5.58. The number of carbonyl (C=O) groups excluding carboxylic acids is 1. The van der Waals surface area contributed by atoms with E-state index in [1.165, 1.54) is 6.07 Å². The van der Waals surface area contributed by atoms with Gasteiger partial charge in [0.2, 0.25) is 0 Å². The van der Waals surface area contributed by atoms with Crippen molar-refractivity contribution in [3.8, 4) is 5.75 Å². The van der Waals surface area contributed by atoms with Crippen molar-refractivity contribution in [3.05, 3.63) is 47.5 Å². The number of hydrogen-bond acceptors (Lipinski definition) is 4. The first kappa shape index (κ1) is 15.4. The third-order valence-electron chi connectivity index (χ3n) is 3.65. The molecule has 1 aliphatic rings. The van der Waals surface area contributed by atoms with E-state index in [-0.39, 0.29) is 17.4 Å². The number of sulfonamides is 1. The van der Waals surface area contributed by atoms with Gasteiger partial charge in [-0.25, -0.2) is 8.42 Å². The molecule has 1 heterocycles. The smallest absolute Gasteiger partial charge is 0.262 e. The lowest BCUT2D eigenvalue weighted by Crippen LogP contribution is -2.25. The zero-order valence-electron chi connectivity index (χ0n) is 12.7. The van der Waals surface area contributed by atoms with Crippen molar-refractivity contribution in [1.82, 2.24) is 0 Å². The van der Waals surface area contributed by atoms with E-state index < -0.39 is 10.0 Å². The van der Waals surface area contributed by atoms with Crippen LogP contribution in [0.2, 0.25) is 0 Å². The van der Waals surface area contributed by atoms with Crippen LogP contribution in [0.5, 0.6) is 5.75 Å². The Morgan fingerprint density at radius 1 is 1.09 bits per heavy atom. The molecule has 6 nitrogen and oxygen atoms in total. The summed E-state index contributed by atoms with van der Waals surface area (Å²) in [4.78, 5) is 11.5. The summed E-state index contributed by atoms with van der Waals surface area (Å²) in [5.74, 6) is 0.241. The summed E-state index contributed by atoms with van der Waals surface area (Å²) in [6.07, 6.45) is 0. The number of rotatable bonds is 3. The van der Waals surface area contributed by atoms with Gasteiger partial charge >= 0.3 is 0 Å². The Bertz CT molecular complexity index is 891. The summed E-state index contributed by atoms with van der Waals surface area (Å²) >= 11 is 0. The summed E-state index contributed by atoms with van der Waals surface area (Å²) in [5.41, 5.74) is 2.73. The first-order valence-corrected chi connectivity index (χ1v) is 8.50. The maximum absolute atomic E-state index is 12.5. The molecular weight excluding hydrogens is 316 g/mol. The molecule has 0 atom stereocenters. The normalized spacial score (nSPS) is 13.7. The van der Waals surface area contributed by atoms with Crippen LogP contribution in [0.4, 0.5) is 11.4 Å². The molecule has 0 radical (unpaired) electrons. The van der Waals surface area contributed by atoms with Gasteiger partial charge in [-0.2, -0.15) is 0 Å². The number of amides is 1. The second-order valence-corrected chi connectivity index (χ2v) is 7.08. The summed E-state index contributed by atoms with van der Waals surface area (Å²) in [5, 5.41) is 2.64. The lowest BCUT2D eigenvalue weighted by atomic mass is 10.1. The number of benzene rings is 2. The zero-order valence-corrected chi connectivity index (χ0v) is 13.5. The van der Waals surface area contributed by atoms with E-state index in [1.54, 1.807) is 30.3 Å². The maximum Gasteiger partial charge on any atom is 0.262 e. The third-order valence-corrected chi connectivity index (χ3v) is 5.03. The van der Waals surface area contributed by atoms with E-state index in [4.69, 9.17) is 4.74 Å². The summed E-state index contributed by atoms with van der Waals surface area (Å²) < 4.78 is 32.7. The molecule has 120 valence electrons. The van der Waals surface area contributed by atoms with E-state index in [1.807, 2.05) is 13.8 Å². The standard InChI is InChI=1S/C16H16N2O4S/c1-10-3-5-13(7-11(10)2)23(20,21)18-12-4-6-15-14(8-12)17-16(19)9-22-15/h3-8,18H,9H2,1-2H3,(H,17,19). The fraction of sp³-hybridized carbons (Fsp3) is 0.188. The monoisotopic (exact) mass is 332 g/mol. The van der Waals surface area contributed by atoms with Gasteiger partial charge in [-0.15, -0.1) is 0 Å². The van der Waals surface area contributed by atoms with Gasteiger partial charge in [0.05, 0.1) is 16.3 Å². The SMILES string of the molecule is Cc1ccc(S(=O)(=O)Nc2ccc3c(c2)NC(=O)CO3)cc1C. The van der Waals surface area contributed by atoms with Crippen LogP contribution in [0, 0.1) is 13.8 Å². The minimum absolute atomic E-state index is 0.0410. The molecule has 0 saturated heterocycles. The molecule has 0 saturated carbocycles. The van der Waals surface area contributed by atoms with E-state index >= 15 is 0 Å². The molecule has 0 fully saturated rings. The second-order valence-electron chi connectivity index (χ2n) is 5.40. The van der Waals surface area contributed by atoms with Crippen LogP contribution in [-0.4, -0.2) is 20.9 Å². The predicted molar refractivity (Wildman–Crippen MR) is 87.3 cm³/mol. The Morgan fingerprint density at radius 2 is 1.87 bits per heavy atom. The zero-order chi connectivity index (χ0) is 16.6. The van der Waals surface area contributed by atoms with Gasteiger partial charge in [0, 0.05) is 0 Å². The van der Waals surface area contributed by atoms with Gasteiger partial charge in [-0.05, 0) is 55.3 Å². The molecule has 0 bridgehead atoms. The summed E-state index contributed by atoms with van der Waals surface area (Å²) in [7, 11) is -3.70. The van der Waals surface area contributed by atoms with Crippen molar-refractivity contribution in [3.63, 3.8) is 0 Å². The molecule has 0 aliphatic carbocycles. The molecule has 0 unspecified atom stereocenters. The van der Waals surface area contributed by atoms with Crippen LogP contribution in [0.15, 0.2) is 41.3 Å². The molecular formula is C16H16N2O4S. The Hall–Kier alpha value is -2.54. The van der Waals surface area contributed by atoms with Crippen molar-refractivity contribution in [2.24, 2.45) is 0 Å². The molecule has 0 aromatic heterocycles. The molecule has 2 aromatic carbocycles. The molecule has 1 amide bonds. The Labute approximate surface area is 134 Å². The number of fused-ring (bicyclic) bond motifs is 1. The molecule has 2 N–H and O–H groups in total. The fourth-order valence-electron chi connectivity index (χ4n) is 2.24. The van der Waals surface area contributed by atoms with Gasteiger partial charge in [-0.1, -0.05) is 6.07 Å². The first-order valence-electron chi connectivity index (χ1n) is 7.02. The van der Waals surface area contributed by atoms with Crippen LogP contribution < -0.4 is 14.8 Å². The molecule has 3 rings (SSSR count). The average molecular weight is 332 g/mol. The van der Waals surface area contributed by atoms with Gasteiger partial charge < -0.3 is 10.1 Å². The number of hydrogen-bond donors (Lipinski definition) is 2. The molecule has 0 spiro atoms. The van der Waals surface area contributed by atoms with Gasteiger partial charge in [0.15, 0.2) is 6.61 Å². The van der Waals surface area contributed by atoms with E-state index in [0.29, 0.717) is 17.1 Å². The van der Waals surface area contributed by atoms with Crippen molar-refractivity contribution in [2.45, 2.75) is 18.7 Å². The minimum Gasteiger partial charge on any atom is -0.482 e. The van der Waals surface area contributed by atoms with Gasteiger partial charge in [-0.3, -0.25) is 9.52 Å². The molecule has 7 heteroatoms. The maximum atomic E-state index is 12.5. The van der Waals surface area contributed by atoms with Crippen molar-refractivity contribution in [1.29, 1.82) is 0 Å². The average Bonchev–Trinajstić information content (AvgIpc) is 2.49. The minimum atomic E-state index is -3.70. The van der Waals surface area contributed by atoms with E-state index in [0.717, 1.165) is 11.1 Å². The third kappa shape index (κ3) is 3.14. The highest BCUT2D eigenvalue weighted by molar-refractivity contribution is 7.92. The van der Waals surface area contributed by atoms with Crippen LogP contribution in [0.1, 0.15) is 11.1 Å². The highest BCUT2D eigenvalue weighted by atomic mass is 32.2. The highest BCUT2D eigenvalue weighted by Crippen LogP contribution is 2.31. The number of nitrogens with one attached hydrogen (secondary N) is 2. The number of carbonyl (C=O) groups is 1. The topological polar surface area (TPSA) is 84.5 Å². The molecule has 23 heavy (non-hydrogen) atoms. The van der Waals surface area contributed by atoms with E-state index in [2.05, 4.69) is 10.0 Å². The fourth-order valence-corrected chi connectivity index (χ4v) is 3.38. The van der Waals surface area contributed by atoms with Crippen LogP contribution >= 0.6 is 0 Å². The summed E-state index contributed by atoms with van der Waals surface area (Å²) in [6.45, 7) is 3.74. The number of ether oxygens (including phenoxy) is 1. The molecule has 2 aromatic rings. The highest BCUT2D eigenvalue weighted by Gasteiger charge is 2.19. The van der Waals surface area contributed by atoms with Gasteiger partial charge in [0.25, 0.3) is 15.9 Å². The van der Waals surface area contributed by atoms with Crippen molar-refractivity contribution >= 4 is 27.3 Å². The van der Waals surface area contributed by atoms with Gasteiger partial charge in [0.1, 0.15) is 5.75 Å². The van der Waals surface area contributed by atoms with Crippen LogP contribution in [0.25, 0.3) is 0 Å². The van der Waals surface area contributed by atoms with E-state index in [9.17, 15) is 13.2 Å². The number of anilines is 2. The lowest BCUT2D eigenvalue weighted by molar-refractivity contribution is -0.118. The molecule has 1 aliphatic heterocycles. The van der Waals surface area contributed by atoms with Crippen molar-refractivity contribution in [2.75, 3.05) is 16.6 Å².